The Morgan fingerprint density at radius 3 is 2.77 bits per heavy atom. The van der Waals surface area contributed by atoms with Crippen molar-refractivity contribution in [2.75, 3.05) is 6.61 Å². The van der Waals surface area contributed by atoms with Crippen LogP contribution in [0.4, 0.5) is 4.79 Å². The summed E-state index contributed by atoms with van der Waals surface area (Å²) in [5.41, 5.74) is 0.821. The summed E-state index contributed by atoms with van der Waals surface area (Å²) in [7, 11) is 0. The van der Waals surface area contributed by atoms with Crippen LogP contribution >= 0.6 is 0 Å². The number of benzene rings is 1. The van der Waals surface area contributed by atoms with Gasteiger partial charge in [-0.1, -0.05) is 37.3 Å². The third-order valence-corrected chi connectivity index (χ3v) is 4.81. The van der Waals surface area contributed by atoms with Gasteiger partial charge in [0.1, 0.15) is 11.4 Å². The molecule has 1 unspecified atom stereocenters. The van der Waals surface area contributed by atoms with Crippen molar-refractivity contribution in [3.8, 4) is 18.1 Å². The van der Waals surface area contributed by atoms with Crippen molar-refractivity contribution in [3.05, 3.63) is 41.1 Å². The second-order valence-electron chi connectivity index (χ2n) is 6.66. The first-order valence-corrected chi connectivity index (χ1v) is 8.83. The maximum absolute atomic E-state index is 12.8. The molecular weight excluding hydrogens is 332 g/mol. The fourth-order valence-electron chi connectivity index (χ4n) is 3.48. The van der Waals surface area contributed by atoms with Gasteiger partial charge in [-0.3, -0.25) is 0 Å². The molecule has 0 spiro atoms. The zero-order valence-electron chi connectivity index (χ0n) is 14.5. The first-order valence-electron chi connectivity index (χ1n) is 8.83. The number of allylic oxidation sites excluding steroid dienone is 1. The molecule has 2 aliphatic rings. The number of esters is 1. The third-order valence-electron chi connectivity index (χ3n) is 4.81. The van der Waals surface area contributed by atoms with Gasteiger partial charge in [0, 0.05) is 0 Å². The monoisotopic (exact) mass is 354 g/mol. The SMILES string of the molecule is C#CC1=C(C(=O)OCC2CCCCC2)C(c2cccc(O)c2)NC(=O)N1. The van der Waals surface area contributed by atoms with Crippen molar-refractivity contribution in [2.24, 2.45) is 5.92 Å². The van der Waals surface area contributed by atoms with Crippen molar-refractivity contribution in [2.45, 2.75) is 38.1 Å². The molecule has 0 saturated heterocycles. The van der Waals surface area contributed by atoms with Gasteiger partial charge < -0.3 is 20.5 Å². The van der Waals surface area contributed by atoms with Gasteiger partial charge >= 0.3 is 12.0 Å². The molecule has 1 aromatic carbocycles. The Labute approximate surface area is 152 Å². The van der Waals surface area contributed by atoms with Gasteiger partial charge in [-0.15, -0.1) is 6.42 Å². The summed E-state index contributed by atoms with van der Waals surface area (Å²) in [5, 5.41) is 14.9. The normalized spacial score (nSPS) is 20.7. The number of hydrogen-bond donors (Lipinski definition) is 3. The van der Waals surface area contributed by atoms with E-state index < -0.39 is 18.0 Å². The quantitative estimate of drug-likeness (QED) is 0.573. The highest BCUT2D eigenvalue weighted by molar-refractivity contribution is 5.96. The number of terminal acetylenes is 1. The average Bonchev–Trinajstić information content (AvgIpc) is 2.66. The van der Waals surface area contributed by atoms with Crippen LogP contribution < -0.4 is 10.6 Å². The van der Waals surface area contributed by atoms with Crippen LogP contribution in [0.25, 0.3) is 0 Å². The zero-order chi connectivity index (χ0) is 18.5. The fourth-order valence-corrected chi connectivity index (χ4v) is 3.48. The lowest BCUT2D eigenvalue weighted by molar-refractivity contribution is -0.141. The summed E-state index contributed by atoms with van der Waals surface area (Å²) in [4.78, 5) is 24.7. The van der Waals surface area contributed by atoms with Gasteiger partial charge in [0.15, 0.2) is 0 Å². The predicted molar refractivity (Wildman–Crippen MR) is 95.9 cm³/mol. The first kappa shape index (κ1) is 17.9. The molecule has 0 aromatic heterocycles. The van der Waals surface area contributed by atoms with E-state index in [1.807, 2.05) is 0 Å². The first-order chi connectivity index (χ1) is 12.6. The number of rotatable bonds is 4. The van der Waals surface area contributed by atoms with Gasteiger partial charge in [-0.2, -0.15) is 0 Å². The lowest BCUT2D eigenvalue weighted by Crippen LogP contribution is -2.45. The molecule has 1 aromatic rings. The molecule has 0 bridgehead atoms. The molecule has 1 aliphatic heterocycles. The maximum atomic E-state index is 12.8. The molecule has 3 rings (SSSR count). The second-order valence-corrected chi connectivity index (χ2v) is 6.66. The van der Waals surface area contributed by atoms with E-state index in [1.54, 1.807) is 12.1 Å². The van der Waals surface area contributed by atoms with E-state index in [0.717, 1.165) is 25.7 Å². The van der Waals surface area contributed by atoms with Crippen LogP contribution in [-0.4, -0.2) is 23.7 Å². The number of urea groups is 1. The van der Waals surface area contributed by atoms with E-state index in [4.69, 9.17) is 11.2 Å². The smallest absolute Gasteiger partial charge is 0.339 e. The van der Waals surface area contributed by atoms with Crippen molar-refractivity contribution in [3.63, 3.8) is 0 Å². The summed E-state index contributed by atoms with van der Waals surface area (Å²) >= 11 is 0. The third kappa shape index (κ3) is 3.99. The number of hydrogen-bond acceptors (Lipinski definition) is 4. The summed E-state index contributed by atoms with van der Waals surface area (Å²) < 4.78 is 5.52. The zero-order valence-corrected chi connectivity index (χ0v) is 14.5. The molecule has 2 amide bonds. The van der Waals surface area contributed by atoms with Crippen LogP contribution in [0.2, 0.25) is 0 Å². The number of ether oxygens (including phenoxy) is 1. The number of phenolic OH excluding ortho intramolecular Hbond substituents is 1. The molecule has 26 heavy (non-hydrogen) atoms. The highest BCUT2D eigenvalue weighted by Crippen LogP contribution is 2.30. The maximum Gasteiger partial charge on any atom is 0.339 e. The number of aromatic hydroxyl groups is 1. The second kappa shape index (κ2) is 7.96. The van der Waals surface area contributed by atoms with E-state index in [-0.39, 0.29) is 17.0 Å². The van der Waals surface area contributed by atoms with Crippen molar-refractivity contribution >= 4 is 12.0 Å². The van der Waals surface area contributed by atoms with Gasteiger partial charge in [0.25, 0.3) is 0 Å². The van der Waals surface area contributed by atoms with Gasteiger partial charge in [-0.05, 0) is 36.5 Å². The van der Waals surface area contributed by atoms with Crippen LogP contribution in [0.1, 0.15) is 43.7 Å². The Bertz CT molecular complexity index is 772. The highest BCUT2D eigenvalue weighted by Gasteiger charge is 2.34. The molecule has 6 heteroatoms. The van der Waals surface area contributed by atoms with E-state index in [9.17, 15) is 14.7 Å². The minimum atomic E-state index is -0.777. The molecule has 6 nitrogen and oxygen atoms in total. The van der Waals surface area contributed by atoms with Crippen molar-refractivity contribution in [1.82, 2.24) is 10.6 Å². The van der Waals surface area contributed by atoms with Crippen LogP contribution in [0.3, 0.4) is 0 Å². The lowest BCUT2D eigenvalue weighted by atomic mass is 9.90. The van der Waals surface area contributed by atoms with Crippen molar-refractivity contribution < 1.29 is 19.4 Å². The molecule has 0 radical (unpaired) electrons. The highest BCUT2D eigenvalue weighted by atomic mass is 16.5. The Morgan fingerprint density at radius 2 is 2.08 bits per heavy atom. The molecule has 136 valence electrons. The molecule has 3 N–H and O–H groups in total. The van der Waals surface area contributed by atoms with E-state index in [1.165, 1.54) is 18.6 Å². The van der Waals surface area contributed by atoms with Crippen molar-refractivity contribution in [1.29, 1.82) is 0 Å². The Balaban J connectivity index is 1.84. The molecular formula is C20H22N2O4. The largest absolute Gasteiger partial charge is 0.508 e. The standard InChI is InChI=1S/C20H22N2O4/c1-2-16-17(19(24)26-12-13-7-4-3-5-8-13)18(22-20(25)21-16)14-9-6-10-15(23)11-14/h1,6,9-11,13,18,23H,3-5,7-8,12H2,(H2,21,22,25). The molecule has 1 heterocycles. The predicted octanol–water partition coefficient (Wildman–Crippen LogP) is 2.76. The van der Waals surface area contributed by atoms with E-state index >= 15 is 0 Å². The molecule has 1 saturated carbocycles. The number of nitrogens with one attached hydrogen (secondary N) is 2. The Kier molecular flexibility index (Phi) is 5.47. The van der Waals surface area contributed by atoms with Crippen LogP contribution in [-0.2, 0) is 9.53 Å². The lowest BCUT2D eigenvalue weighted by Gasteiger charge is -2.28. The summed E-state index contributed by atoms with van der Waals surface area (Å²) in [6.45, 7) is 0.348. The van der Waals surface area contributed by atoms with E-state index in [0.29, 0.717) is 18.1 Å². The van der Waals surface area contributed by atoms with Crippen LogP contribution in [0, 0.1) is 18.3 Å². The minimum Gasteiger partial charge on any atom is -0.508 e. The average molecular weight is 354 g/mol. The van der Waals surface area contributed by atoms with Gasteiger partial charge in [0.2, 0.25) is 0 Å². The Hall–Kier alpha value is -2.94. The molecule has 1 aliphatic carbocycles. The van der Waals surface area contributed by atoms with Gasteiger partial charge in [-0.25, -0.2) is 9.59 Å². The number of phenols is 1. The molecule has 1 atom stereocenters. The summed E-state index contributed by atoms with van der Waals surface area (Å²) in [5.74, 6) is 2.21. The van der Waals surface area contributed by atoms with Crippen LogP contribution in [0.5, 0.6) is 5.75 Å². The van der Waals surface area contributed by atoms with Gasteiger partial charge in [0.05, 0.1) is 18.2 Å². The van der Waals surface area contributed by atoms with E-state index in [2.05, 4.69) is 16.6 Å². The van der Waals surface area contributed by atoms with Crippen LogP contribution in [0.15, 0.2) is 35.5 Å². The summed E-state index contributed by atoms with van der Waals surface area (Å²) in [6, 6.07) is 5.06. The topological polar surface area (TPSA) is 87.7 Å². The fraction of sp³-hybridized carbons (Fsp3) is 0.400. The molecule has 1 fully saturated rings. The number of carbonyl (C=O) groups is 2. The summed E-state index contributed by atoms with van der Waals surface area (Å²) in [6.07, 6.45) is 11.1. The number of carbonyl (C=O) groups excluding carboxylic acids is 2. The number of amides is 2. The minimum absolute atomic E-state index is 0.0347. The Morgan fingerprint density at radius 1 is 1.31 bits per heavy atom.